The summed E-state index contributed by atoms with van der Waals surface area (Å²) in [5.74, 6) is -0.127. The molecule has 3 aromatic rings. The van der Waals surface area contributed by atoms with Crippen LogP contribution in [0.15, 0.2) is 53.1 Å². The SMILES string of the molecule is COc1ccccc1N1CCN(C(=O)C(=O)c2c[nH]c3ccc(Br)cc23)CC1. The summed E-state index contributed by atoms with van der Waals surface area (Å²) in [7, 11) is 1.65. The molecule has 2 aromatic carbocycles. The number of ether oxygens (including phenoxy) is 1. The number of hydrogen-bond acceptors (Lipinski definition) is 4. The number of hydrogen-bond donors (Lipinski definition) is 1. The molecule has 0 unspecified atom stereocenters. The van der Waals surface area contributed by atoms with Crippen LogP contribution in [0.1, 0.15) is 10.4 Å². The van der Waals surface area contributed by atoms with Crippen LogP contribution in [-0.2, 0) is 4.79 Å². The van der Waals surface area contributed by atoms with E-state index in [9.17, 15) is 9.59 Å². The van der Waals surface area contributed by atoms with Crippen LogP contribution in [0.3, 0.4) is 0 Å². The Labute approximate surface area is 171 Å². The van der Waals surface area contributed by atoms with Crippen LogP contribution >= 0.6 is 15.9 Å². The minimum atomic E-state index is -0.477. The number of aromatic nitrogens is 1. The van der Waals surface area contributed by atoms with Gasteiger partial charge < -0.3 is 19.5 Å². The second kappa shape index (κ2) is 7.67. The largest absolute Gasteiger partial charge is 0.495 e. The Hall–Kier alpha value is -2.80. The Balaban J connectivity index is 1.48. The zero-order valence-electron chi connectivity index (χ0n) is 15.4. The van der Waals surface area contributed by atoms with E-state index in [0.29, 0.717) is 31.7 Å². The van der Waals surface area contributed by atoms with Crippen molar-refractivity contribution in [3.05, 3.63) is 58.7 Å². The number of aromatic amines is 1. The van der Waals surface area contributed by atoms with E-state index >= 15 is 0 Å². The van der Waals surface area contributed by atoms with Crippen LogP contribution in [0.2, 0.25) is 0 Å². The summed E-state index contributed by atoms with van der Waals surface area (Å²) < 4.78 is 6.29. The van der Waals surface area contributed by atoms with Crippen LogP contribution in [0, 0.1) is 0 Å². The van der Waals surface area contributed by atoms with Crippen LogP contribution in [0.5, 0.6) is 5.75 Å². The molecule has 1 aromatic heterocycles. The number of H-pyrrole nitrogens is 1. The van der Waals surface area contributed by atoms with Crippen molar-refractivity contribution in [1.82, 2.24) is 9.88 Å². The standard InChI is InChI=1S/C21H20BrN3O3/c1-28-19-5-3-2-4-18(19)24-8-10-25(11-9-24)21(27)20(26)16-13-23-17-7-6-14(22)12-15(16)17/h2-7,12-13,23H,8-11H2,1H3. The van der Waals surface area contributed by atoms with Gasteiger partial charge in [-0.05, 0) is 30.3 Å². The van der Waals surface area contributed by atoms with Crippen molar-refractivity contribution in [3.63, 3.8) is 0 Å². The first-order chi connectivity index (χ1) is 13.6. The molecule has 4 rings (SSSR count). The number of halogens is 1. The molecule has 2 heterocycles. The molecule has 1 aliphatic rings. The lowest BCUT2D eigenvalue weighted by Crippen LogP contribution is -2.50. The number of piperazine rings is 1. The Bertz CT molecular complexity index is 1040. The van der Waals surface area contributed by atoms with Crippen LogP contribution < -0.4 is 9.64 Å². The number of rotatable bonds is 4. The van der Waals surface area contributed by atoms with E-state index in [-0.39, 0.29) is 0 Å². The Morgan fingerprint density at radius 2 is 1.82 bits per heavy atom. The third-order valence-corrected chi connectivity index (χ3v) is 5.57. The zero-order chi connectivity index (χ0) is 19.7. The summed E-state index contributed by atoms with van der Waals surface area (Å²) in [6.45, 7) is 2.29. The normalized spacial score (nSPS) is 14.4. The maximum atomic E-state index is 12.8. The fraction of sp³-hybridized carbons (Fsp3) is 0.238. The monoisotopic (exact) mass is 441 g/mol. The summed E-state index contributed by atoms with van der Waals surface area (Å²) in [5.41, 5.74) is 2.25. The third kappa shape index (κ3) is 3.38. The molecule has 7 heteroatoms. The number of amides is 1. The summed E-state index contributed by atoms with van der Waals surface area (Å²) in [5, 5.41) is 0.750. The summed E-state index contributed by atoms with van der Waals surface area (Å²) >= 11 is 3.42. The lowest BCUT2D eigenvalue weighted by atomic mass is 10.1. The highest BCUT2D eigenvalue weighted by Crippen LogP contribution is 2.29. The first kappa shape index (κ1) is 18.6. The fourth-order valence-corrected chi connectivity index (χ4v) is 3.94. The lowest BCUT2D eigenvalue weighted by molar-refractivity contribution is -0.126. The quantitative estimate of drug-likeness (QED) is 0.497. The molecule has 28 heavy (non-hydrogen) atoms. The second-order valence-electron chi connectivity index (χ2n) is 6.67. The first-order valence-corrected chi connectivity index (χ1v) is 9.86. The number of nitrogens with zero attached hydrogens (tertiary/aromatic N) is 2. The molecule has 0 saturated carbocycles. The average molecular weight is 442 g/mol. The number of anilines is 1. The molecule has 1 N–H and O–H groups in total. The predicted octanol–water partition coefficient (Wildman–Crippen LogP) is 3.47. The van der Waals surface area contributed by atoms with E-state index in [1.165, 1.54) is 0 Å². The molecule has 0 radical (unpaired) electrons. The van der Waals surface area contributed by atoms with E-state index in [4.69, 9.17) is 4.74 Å². The topological polar surface area (TPSA) is 65.6 Å². The molecule has 6 nitrogen and oxygen atoms in total. The van der Waals surface area contributed by atoms with Gasteiger partial charge in [0.1, 0.15) is 5.75 Å². The average Bonchev–Trinajstić information content (AvgIpc) is 3.15. The maximum Gasteiger partial charge on any atom is 0.295 e. The molecule has 0 aliphatic carbocycles. The molecule has 1 amide bonds. The lowest BCUT2D eigenvalue weighted by Gasteiger charge is -2.36. The fourth-order valence-electron chi connectivity index (χ4n) is 3.58. The van der Waals surface area contributed by atoms with Gasteiger partial charge in [0, 0.05) is 47.8 Å². The van der Waals surface area contributed by atoms with Gasteiger partial charge in [0.25, 0.3) is 11.7 Å². The number of nitrogens with one attached hydrogen (secondary N) is 1. The molecule has 1 saturated heterocycles. The van der Waals surface area contributed by atoms with E-state index in [1.54, 1.807) is 18.2 Å². The summed E-state index contributed by atoms with van der Waals surface area (Å²) in [4.78, 5) is 32.5. The van der Waals surface area contributed by atoms with Gasteiger partial charge in [-0.3, -0.25) is 9.59 Å². The number of carbonyl (C=O) groups is 2. The Morgan fingerprint density at radius 1 is 1.07 bits per heavy atom. The molecule has 0 spiro atoms. The molecule has 1 aliphatic heterocycles. The zero-order valence-corrected chi connectivity index (χ0v) is 17.0. The van der Waals surface area contributed by atoms with Crippen molar-refractivity contribution in [3.8, 4) is 5.75 Å². The van der Waals surface area contributed by atoms with Crippen molar-refractivity contribution in [2.24, 2.45) is 0 Å². The van der Waals surface area contributed by atoms with Gasteiger partial charge >= 0.3 is 0 Å². The third-order valence-electron chi connectivity index (χ3n) is 5.08. The highest BCUT2D eigenvalue weighted by molar-refractivity contribution is 9.10. The van der Waals surface area contributed by atoms with Gasteiger partial charge in [-0.25, -0.2) is 0 Å². The number of fused-ring (bicyclic) bond motifs is 1. The smallest absolute Gasteiger partial charge is 0.295 e. The van der Waals surface area contributed by atoms with Gasteiger partial charge in [0.15, 0.2) is 0 Å². The Morgan fingerprint density at radius 3 is 2.57 bits per heavy atom. The van der Waals surface area contributed by atoms with Crippen LogP contribution in [-0.4, -0.2) is 54.9 Å². The van der Waals surface area contributed by atoms with Crippen LogP contribution in [0.25, 0.3) is 10.9 Å². The molecular formula is C21H20BrN3O3. The minimum Gasteiger partial charge on any atom is -0.495 e. The van der Waals surface area contributed by atoms with E-state index in [0.717, 1.165) is 26.8 Å². The van der Waals surface area contributed by atoms with Gasteiger partial charge in [0.2, 0.25) is 0 Å². The second-order valence-corrected chi connectivity index (χ2v) is 7.59. The number of methoxy groups -OCH3 is 1. The van der Waals surface area contributed by atoms with E-state index in [2.05, 4.69) is 25.8 Å². The van der Waals surface area contributed by atoms with Crippen molar-refractivity contribution < 1.29 is 14.3 Å². The van der Waals surface area contributed by atoms with Crippen molar-refractivity contribution >= 4 is 44.2 Å². The summed E-state index contributed by atoms with van der Waals surface area (Å²) in [6.07, 6.45) is 1.61. The molecule has 144 valence electrons. The predicted molar refractivity (Wildman–Crippen MR) is 112 cm³/mol. The molecule has 1 fully saturated rings. The highest BCUT2D eigenvalue weighted by atomic mass is 79.9. The number of benzene rings is 2. The molecule has 0 atom stereocenters. The minimum absolute atomic E-state index is 0.411. The first-order valence-electron chi connectivity index (χ1n) is 9.06. The maximum absolute atomic E-state index is 12.8. The molecule has 0 bridgehead atoms. The van der Waals surface area contributed by atoms with Gasteiger partial charge in [-0.15, -0.1) is 0 Å². The van der Waals surface area contributed by atoms with Gasteiger partial charge in [0.05, 0.1) is 18.4 Å². The van der Waals surface area contributed by atoms with Crippen molar-refractivity contribution in [2.45, 2.75) is 0 Å². The number of ketones is 1. The van der Waals surface area contributed by atoms with Crippen molar-refractivity contribution in [2.75, 3.05) is 38.2 Å². The van der Waals surface area contributed by atoms with Crippen molar-refractivity contribution in [1.29, 1.82) is 0 Å². The highest BCUT2D eigenvalue weighted by Gasteiger charge is 2.29. The van der Waals surface area contributed by atoms with Gasteiger partial charge in [-0.2, -0.15) is 0 Å². The van der Waals surface area contributed by atoms with Gasteiger partial charge in [-0.1, -0.05) is 28.1 Å². The number of para-hydroxylation sites is 2. The van der Waals surface area contributed by atoms with E-state index < -0.39 is 11.7 Å². The summed E-state index contributed by atoms with van der Waals surface area (Å²) in [6, 6.07) is 13.5. The number of Topliss-reactive ketones (excluding diaryl/α,β-unsaturated/α-hetero) is 1. The molecular weight excluding hydrogens is 422 g/mol. The van der Waals surface area contributed by atoms with E-state index in [1.807, 2.05) is 42.5 Å². The number of carbonyl (C=O) groups excluding carboxylic acids is 2. The Kier molecular flexibility index (Phi) is 5.09. The van der Waals surface area contributed by atoms with Crippen LogP contribution in [0.4, 0.5) is 5.69 Å².